The van der Waals surface area contributed by atoms with Crippen molar-refractivity contribution in [1.82, 2.24) is 29.9 Å². The van der Waals surface area contributed by atoms with Crippen molar-refractivity contribution in [1.29, 1.82) is 0 Å². The van der Waals surface area contributed by atoms with Crippen LogP contribution in [0.4, 0.5) is 0 Å². The predicted molar refractivity (Wildman–Crippen MR) is 110 cm³/mol. The van der Waals surface area contributed by atoms with Crippen molar-refractivity contribution >= 4 is 30.7 Å². The molecule has 3 aliphatic rings. The van der Waals surface area contributed by atoms with Gasteiger partial charge in [0.05, 0.1) is 6.04 Å². The number of piperazine rings is 1. The molecule has 154 valence electrons. The summed E-state index contributed by atoms with van der Waals surface area (Å²) in [5.74, 6) is 2.60. The van der Waals surface area contributed by atoms with Gasteiger partial charge < -0.3 is 14.8 Å². The molecule has 2 saturated heterocycles. The Morgan fingerprint density at radius 3 is 2.59 bits per heavy atom. The van der Waals surface area contributed by atoms with Crippen LogP contribution < -0.4 is 5.32 Å². The van der Waals surface area contributed by atoms with E-state index in [1.54, 1.807) is 0 Å². The molecule has 0 saturated carbocycles. The molecule has 0 spiro atoms. The molecule has 7 nitrogen and oxygen atoms in total. The van der Waals surface area contributed by atoms with Gasteiger partial charge in [0.2, 0.25) is 5.91 Å². The highest BCUT2D eigenvalue weighted by molar-refractivity contribution is 5.85. The number of fused-ring (bicyclic) bond motifs is 1. The van der Waals surface area contributed by atoms with Crippen molar-refractivity contribution < 1.29 is 4.79 Å². The van der Waals surface area contributed by atoms with Crippen LogP contribution in [0.15, 0.2) is 0 Å². The van der Waals surface area contributed by atoms with E-state index in [0.717, 1.165) is 70.3 Å². The summed E-state index contributed by atoms with van der Waals surface area (Å²) >= 11 is 0. The third kappa shape index (κ3) is 5.13. The summed E-state index contributed by atoms with van der Waals surface area (Å²) < 4.78 is 2.35. The first-order valence-electron chi connectivity index (χ1n) is 9.97. The normalized spacial score (nSPS) is 23.1. The minimum atomic E-state index is 0. The summed E-state index contributed by atoms with van der Waals surface area (Å²) in [5.41, 5.74) is 0. The molecule has 1 atom stereocenters. The topological polar surface area (TPSA) is 66.3 Å². The van der Waals surface area contributed by atoms with Crippen LogP contribution in [0.25, 0.3) is 0 Å². The molecule has 4 heterocycles. The molecule has 1 aromatic rings. The number of halogens is 2. The van der Waals surface area contributed by atoms with Gasteiger partial charge in [-0.2, -0.15) is 0 Å². The molecule has 0 aliphatic carbocycles. The average Bonchev–Trinajstić information content (AvgIpc) is 3.11. The van der Waals surface area contributed by atoms with E-state index in [0.29, 0.717) is 18.4 Å². The Bertz CT molecular complexity index is 605. The number of aromatic nitrogens is 3. The van der Waals surface area contributed by atoms with Gasteiger partial charge in [-0.25, -0.2) is 0 Å². The number of piperidine rings is 1. The lowest BCUT2D eigenvalue weighted by Crippen LogP contribution is -2.47. The van der Waals surface area contributed by atoms with Crippen LogP contribution in [0.3, 0.4) is 0 Å². The van der Waals surface area contributed by atoms with E-state index in [4.69, 9.17) is 0 Å². The van der Waals surface area contributed by atoms with Gasteiger partial charge in [-0.05, 0) is 32.2 Å². The molecule has 2 fully saturated rings. The molecule has 1 aromatic heterocycles. The molecule has 9 heteroatoms. The molecule has 27 heavy (non-hydrogen) atoms. The van der Waals surface area contributed by atoms with Crippen LogP contribution in [-0.2, 0) is 17.8 Å². The standard InChI is InChI=1S/C18H30N6O.2ClH/c25-17(23-13-8-19-9-14-23)7-12-22-10-3-1-5-15(22)18-21-20-16-6-2-4-11-24(16)18;;/h15,19H,1-14H2;2*1H. The number of aryl methyl sites for hydroxylation is 1. The van der Waals surface area contributed by atoms with Crippen LogP contribution in [-0.4, -0.2) is 69.7 Å². The second-order valence-electron chi connectivity index (χ2n) is 7.51. The summed E-state index contributed by atoms with van der Waals surface area (Å²) in [5, 5.41) is 12.3. The lowest BCUT2D eigenvalue weighted by Gasteiger charge is -2.36. The number of likely N-dealkylation sites (tertiary alicyclic amines) is 1. The van der Waals surface area contributed by atoms with E-state index >= 15 is 0 Å². The molecule has 3 aliphatic heterocycles. The van der Waals surface area contributed by atoms with Gasteiger partial charge in [0.25, 0.3) is 0 Å². The fourth-order valence-electron chi connectivity index (χ4n) is 4.44. The van der Waals surface area contributed by atoms with E-state index in [9.17, 15) is 4.79 Å². The molecular formula is C18H32Cl2N6O. The fraction of sp³-hybridized carbons (Fsp3) is 0.833. The second-order valence-corrected chi connectivity index (χ2v) is 7.51. The molecule has 1 amide bonds. The predicted octanol–water partition coefficient (Wildman–Crippen LogP) is 1.81. The Hall–Kier alpha value is -0.890. The van der Waals surface area contributed by atoms with Gasteiger partial charge in [0, 0.05) is 52.1 Å². The number of rotatable bonds is 4. The number of carbonyl (C=O) groups is 1. The van der Waals surface area contributed by atoms with Crippen molar-refractivity contribution in [3.05, 3.63) is 11.6 Å². The van der Waals surface area contributed by atoms with Gasteiger partial charge in [0.15, 0.2) is 0 Å². The van der Waals surface area contributed by atoms with Crippen LogP contribution in [0.1, 0.15) is 56.2 Å². The highest BCUT2D eigenvalue weighted by Crippen LogP contribution is 2.31. The van der Waals surface area contributed by atoms with Crippen LogP contribution in [0, 0.1) is 0 Å². The van der Waals surface area contributed by atoms with Gasteiger partial charge >= 0.3 is 0 Å². The SMILES string of the molecule is Cl.Cl.O=C(CCN1CCCCC1c1nnc2n1CCCC2)N1CCNCC1. The highest BCUT2D eigenvalue weighted by Gasteiger charge is 2.30. The lowest BCUT2D eigenvalue weighted by atomic mass is 10.0. The van der Waals surface area contributed by atoms with E-state index in [2.05, 4.69) is 25.0 Å². The molecule has 0 radical (unpaired) electrons. The summed E-state index contributed by atoms with van der Waals surface area (Å²) in [7, 11) is 0. The van der Waals surface area contributed by atoms with E-state index in [1.165, 1.54) is 25.7 Å². The Morgan fingerprint density at radius 1 is 1.00 bits per heavy atom. The lowest BCUT2D eigenvalue weighted by molar-refractivity contribution is -0.132. The third-order valence-corrected chi connectivity index (χ3v) is 5.88. The van der Waals surface area contributed by atoms with Gasteiger partial charge in [-0.1, -0.05) is 6.42 Å². The largest absolute Gasteiger partial charge is 0.340 e. The van der Waals surface area contributed by atoms with Crippen molar-refractivity contribution in [2.75, 3.05) is 39.3 Å². The Balaban J connectivity index is 0.00000131. The maximum atomic E-state index is 12.5. The summed E-state index contributed by atoms with van der Waals surface area (Å²) in [6.07, 6.45) is 7.74. The van der Waals surface area contributed by atoms with Crippen molar-refractivity contribution in [2.45, 2.75) is 57.5 Å². The smallest absolute Gasteiger partial charge is 0.223 e. The summed E-state index contributed by atoms with van der Waals surface area (Å²) in [4.78, 5) is 17.0. The van der Waals surface area contributed by atoms with Gasteiger partial charge in [-0.15, -0.1) is 35.0 Å². The average molecular weight is 419 g/mol. The Kier molecular flexibility index (Phi) is 8.79. The van der Waals surface area contributed by atoms with Crippen LogP contribution in [0.2, 0.25) is 0 Å². The number of hydrogen-bond acceptors (Lipinski definition) is 5. The first-order chi connectivity index (χ1) is 12.3. The zero-order chi connectivity index (χ0) is 17.1. The quantitative estimate of drug-likeness (QED) is 0.807. The third-order valence-electron chi connectivity index (χ3n) is 5.88. The maximum Gasteiger partial charge on any atom is 0.223 e. The molecule has 4 rings (SSSR count). The minimum Gasteiger partial charge on any atom is -0.340 e. The van der Waals surface area contributed by atoms with Gasteiger partial charge in [0.1, 0.15) is 11.6 Å². The molecule has 0 aromatic carbocycles. The van der Waals surface area contributed by atoms with Crippen molar-refractivity contribution in [2.24, 2.45) is 0 Å². The van der Waals surface area contributed by atoms with Crippen molar-refractivity contribution in [3.8, 4) is 0 Å². The molecule has 1 N–H and O–H groups in total. The van der Waals surface area contributed by atoms with Gasteiger partial charge in [-0.3, -0.25) is 9.69 Å². The molecule has 1 unspecified atom stereocenters. The first-order valence-corrected chi connectivity index (χ1v) is 9.97. The first kappa shape index (κ1) is 22.4. The molecule has 0 bridgehead atoms. The van der Waals surface area contributed by atoms with E-state index in [-0.39, 0.29) is 24.8 Å². The molecular weight excluding hydrogens is 387 g/mol. The van der Waals surface area contributed by atoms with E-state index in [1.807, 2.05) is 4.90 Å². The Morgan fingerprint density at radius 2 is 1.78 bits per heavy atom. The fourth-order valence-corrected chi connectivity index (χ4v) is 4.44. The van der Waals surface area contributed by atoms with Crippen LogP contribution >= 0.6 is 24.8 Å². The number of hydrogen-bond donors (Lipinski definition) is 1. The van der Waals surface area contributed by atoms with Crippen molar-refractivity contribution in [3.63, 3.8) is 0 Å². The monoisotopic (exact) mass is 418 g/mol. The maximum absolute atomic E-state index is 12.5. The number of nitrogens with zero attached hydrogens (tertiary/aromatic N) is 5. The summed E-state index contributed by atoms with van der Waals surface area (Å²) in [6.45, 7) is 6.51. The van der Waals surface area contributed by atoms with E-state index < -0.39 is 0 Å². The number of nitrogens with one attached hydrogen (secondary N) is 1. The zero-order valence-electron chi connectivity index (χ0n) is 15.9. The highest BCUT2D eigenvalue weighted by atomic mass is 35.5. The minimum absolute atomic E-state index is 0. The Labute approximate surface area is 174 Å². The number of amides is 1. The number of carbonyl (C=O) groups excluding carboxylic acids is 1. The van der Waals surface area contributed by atoms with Crippen LogP contribution in [0.5, 0.6) is 0 Å². The zero-order valence-corrected chi connectivity index (χ0v) is 17.6. The summed E-state index contributed by atoms with van der Waals surface area (Å²) in [6, 6.07) is 0.337. The second kappa shape index (κ2) is 10.6.